The van der Waals surface area contributed by atoms with E-state index in [0.29, 0.717) is 17.8 Å². The first-order valence-electron chi connectivity index (χ1n) is 7.88. The molecular weight excluding hydrogens is 318 g/mol. The normalized spacial score (nSPS) is 24.6. The molecule has 7 nitrogen and oxygen atoms in total. The maximum atomic E-state index is 12.1. The number of carbonyl (C=O) groups excluding carboxylic acids is 1. The van der Waals surface area contributed by atoms with Gasteiger partial charge in [-0.1, -0.05) is 39.0 Å². The second-order valence-electron chi connectivity index (χ2n) is 6.46. The molecule has 1 aromatic rings. The van der Waals surface area contributed by atoms with Gasteiger partial charge in [-0.2, -0.15) is 5.10 Å². The molecule has 1 fully saturated rings. The Morgan fingerprint density at radius 2 is 2.13 bits per heavy atom. The van der Waals surface area contributed by atoms with Crippen molar-refractivity contribution in [3.05, 3.63) is 20.8 Å². The van der Waals surface area contributed by atoms with Crippen LogP contribution in [0.5, 0.6) is 0 Å². The molecule has 1 aromatic heterocycles. The number of ether oxygens (including phenoxy) is 1. The van der Waals surface area contributed by atoms with Gasteiger partial charge in [-0.3, -0.25) is 14.6 Å². The summed E-state index contributed by atoms with van der Waals surface area (Å²) in [5.41, 5.74) is -1.27. The van der Waals surface area contributed by atoms with E-state index in [0.717, 1.165) is 24.6 Å². The van der Waals surface area contributed by atoms with Crippen LogP contribution in [0.4, 0.5) is 0 Å². The summed E-state index contributed by atoms with van der Waals surface area (Å²) in [6.45, 7) is 6.48. The van der Waals surface area contributed by atoms with Crippen LogP contribution in [-0.2, 0) is 9.53 Å². The Hall–Kier alpha value is -1.57. The predicted octanol–water partition coefficient (Wildman–Crippen LogP) is 1.55. The van der Waals surface area contributed by atoms with Crippen molar-refractivity contribution >= 4 is 17.7 Å². The van der Waals surface area contributed by atoms with Crippen LogP contribution in [0.3, 0.4) is 0 Å². The quantitative estimate of drug-likeness (QED) is 0.622. The van der Waals surface area contributed by atoms with Crippen molar-refractivity contribution in [1.29, 1.82) is 0 Å². The molecule has 0 radical (unpaired) electrons. The molecule has 0 saturated heterocycles. The molecule has 0 aliphatic heterocycles. The summed E-state index contributed by atoms with van der Waals surface area (Å²) in [6.07, 6.45) is 3.07. The highest BCUT2D eigenvalue weighted by Crippen LogP contribution is 2.35. The van der Waals surface area contributed by atoms with Gasteiger partial charge in [0.2, 0.25) is 0 Å². The third-order valence-corrected chi connectivity index (χ3v) is 5.18. The van der Waals surface area contributed by atoms with E-state index in [2.05, 4.69) is 36.0 Å². The number of hydrogen-bond acceptors (Lipinski definition) is 6. The lowest BCUT2D eigenvalue weighted by atomic mass is 9.75. The van der Waals surface area contributed by atoms with Gasteiger partial charge < -0.3 is 4.74 Å². The zero-order valence-electron chi connectivity index (χ0n) is 13.6. The molecule has 0 bridgehead atoms. The van der Waals surface area contributed by atoms with Crippen molar-refractivity contribution in [1.82, 2.24) is 15.2 Å². The Labute approximate surface area is 138 Å². The van der Waals surface area contributed by atoms with E-state index in [1.165, 1.54) is 6.42 Å². The third-order valence-electron chi connectivity index (χ3n) is 4.25. The molecule has 128 valence electrons. The van der Waals surface area contributed by atoms with E-state index in [1.54, 1.807) is 0 Å². The number of aromatic nitrogens is 3. The fourth-order valence-electron chi connectivity index (χ4n) is 3.02. The number of aromatic amines is 2. The van der Waals surface area contributed by atoms with Gasteiger partial charge in [0.25, 0.3) is 5.56 Å². The molecule has 2 N–H and O–H groups in total. The fraction of sp³-hybridized carbons (Fsp3) is 0.733. The molecule has 8 heteroatoms. The summed E-state index contributed by atoms with van der Waals surface area (Å²) >= 11 is 0.963. The number of esters is 1. The van der Waals surface area contributed by atoms with Gasteiger partial charge in [-0.25, -0.2) is 9.89 Å². The highest BCUT2D eigenvalue weighted by atomic mass is 32.2. The molecular formula is C15H23N3O4S. The average molecular weight is 341 g/mol. The summed E-state index contributed by atoms with van der Waals surface area (Å²) in [4.78, 5) is 36.6. The van der Waals surface area contributed by atoms with E-state index < -0.39 is 11.2 Å². The minimum Gasteiger partial charge on any atom is -0.461 e. The standard InChI is InChI=1S/C15H23N3O4S/c1-8(2)10-5-4-9(3)6-11(10)22-12(19)7-23-14-13(20)16-15(21)18-17-14/h8-11H,4-7H2,1-3H3,(H2,16,18,20,21)/t9-,10+,11-/m0/s1. The largest absolute Gasteiger partial charge is 0.461 e. The Morgan fingerprint density at radius 1 is 1.39 bits per heavy atom. The smallest absolute Gasteiger partial charge is 0.342 e. The maximum Gasteiger partial charge on any atom is 0.342 e. The third kappa shape index (κ3) is 4.95. The molecule has 0 aromatic carbocycles. The van der Waals surface area contributed by atoms with Crippen LogP contribution in [0.2, 0.25) is 0 Å². The molecule has 1 aliphatic rings. The lowest BCUT2D eigenvalue weighted by Gasteiger charge is -2.36. The van der Waals surface area contributed by atoms with Crippen LogP contribution in [-0.4, -0.2) is 33.0 Å². The Balaban J connectivity index is 1.92. The second kappa shape index (κ2) is 7.81. The van der Waals surface area contributed by atoms with Crippen molar-refractivity contribution in [2.24, 2.45) is 17.8 Å². The predicted molar refractivity (Wildman–Crippen MR) is 87.4 cm³/mol. The van der Waals surface area contributed by atoms with Gasteiger partial charge in [0, 0.05) is 0 Å². The van der Waals surface area contributed by atoms with Crippen LogP contribution < -0.4 is 11.2 Å². The van der Waals surface area contributed by atoms with Gasteiger partial charge in [0.15, 0.2) is 5.03 Å². The van der Waals surface area contributed by atoms with Crippen LogP contribution >= 0.6 is 11.8 Å². The second-order valence-corrected chi connectivity index (χ2v) is 7.42. The zero-order valence-corrected chi connectivity index (χ0v) is 14.4. The van der Waals surface area contributed by atoms with Gasteiger partial charge in [-0.15, -0.1) is 0 Å². The Morgan fingerprint density at radius 3 is 2.78 bits per heavy atom. The summed E-state index contributed by atoms with van der Waals surface area (Å²) in [7, 11) is 0. The van der Waals surface area contributed by atoms with Crippen molar-refractivity contribution in [2.75, 3.05) is 5.75 Å². The Bertz CT molecular complexity index is 655. The van der Waals surface area contributed by atoms with Crippen LogP contribution in [0.1, 0.15) is 40.0 Å². The molecule has 0 spiro atoms. The summed E-state index contributed by atoms with van der Waals surface area (Å²) in [5.74, 6) is 1.05. The van der Waals surface area contributed by atoms with E-state index in [1.807, 2.05) is 0 Å². The number of carbonyl (C=O) groups is 1. The molecule has 1 heterocycles. The molecule has 23 heavy (non-hydrogen) atoms. The highest BCUT2D eigenvalue weighted by molar-refractivity contribution is 7.99. The van der Waals surface area contributed by atoms with Crippen molar-refractivity contribution < 1.29 is 9.53 Å². The summed E-state index contributed by atoms with van der Waals surface area (Å²) in [5, 5.41) is 5.82. The summed E-state index contributed by atoms with van der Waals surface area (Å²) < 4.78 is 5.65. The van der Waals surface area contributed by atoms with Gasteiger partial charge in [0.05, 0.1) is 5.75 Å². The first kappa shape index (κ1) is 17.8. The van der Waals surface area contributed by atoms with E-state index in [-0.39, 0.29) is 22.9 Å². The number of nitrogens with zero attached hydrogens (tertiary/aromatic N) is 1. The monoisotopic (exact) mass is 341 g/mol. The summed E-state index contributed by atoms with van der Waals surface area (Å²) in [6, 6.07) is 0. The van der Waals surface area contributed by atoms with Gasteiger partial charge in [-0.05, 0) is 30.6 Å². The maximum absolute atomic E-state index is 12.1. The van der Waals surface area contributed by atoms with Crippen molar-refractivity contribution in [3.63, 3.8) is 0 Å². The highest BCUT2D eigenvalue weighted by Gasteiger charge is 2.33. The van der Waals surface area contributed by atoms with Crippen molar-refractivity contribution in [2.45, 2.75) is 51.2 Å². The van der Waals surface area contributed by atoms with Crippen LogP contribution in [0, 0.1) is 17.8 Å². The van der Waals surface area contributed by atoms with Crippen molar-refractivity contribution in [3.8, 4) is 0 Å². The van der Waals surface area contributed by atoms with E-state index in [4.69, 9.17) is 4.74 Å². The first-order valence-corrected chi connectivity index (χ1v) is 8.86. The zero-order chi connectivity index (χ0) is 17.0. The SMILES string of the molecule is CC(C)[C@H]1CC[C@H](C)C[C@@H]1OC(=O)CSc1n[nH]c(=O)[nH]c1=O. The Kier molecular flexibility index (Phi) is 6.04. The molecule has 1 aliphatic carbocycles. The van der Waals surface area contributed by atoms with Crippen LogP contribution in [0.15, 0.2) is 14.6 Å². The molecule has 0 unspecified atom stereocenters. The topological polar surface area (TPSA) is 105 Å². The molecule has 1 saturated carbocycles. The minimum absolute atomic E-state index is 0.00216. The molecule has 0 amide bonds. The van der Waals surface area contributed by atoms with Gasteiger partial charge in [0.1, 0.15) is 6.10 Å². The average Bonchev–Trinajstić information content (AvgIpc) is 2.46. The number of nitrogens with one attached hydrogen (secondary N) is 2. The lowest BCUT2D eigenvalue weighted by Crippen LogP contribution is -2.36. The van der Waals surface area contributed by atoms with E-state index in [9.17, 15) is 14.4 Å². The molecule has 3 atom stereocenters. The number of rotatable bonds is 5. The van der Waals surface area contributed by atoms with Crippen LogP contribution in [0.25, 0.3) is 0 Å². The van der Waals surface area contributed by atoms with Gasteiger partial charge >= 0.3 is 11.7 Å². The first-order chi connectivity index (χ1) is 10.9. The minimum atomic E-state index is -0.669. The number of hydrogen-bond donors (Lipinski definition) is 2. The number of thioether (sulfide) groups is 1. The molecule has 2 rings (SSSR count). The van der Waals surface area contributed by atoms with E-state index >= 15 is 0 Å². The fourth-order valence-corrected chi connectivity index (χ4v) is 3.63. The number of H-pyrrole nitrogens is 2. The lowest BCUT2D eigenvalue weighted by molar-refractivity contribution is -0.152.